The molecule has 0 aliphatic heterocycles. The van der Waals surface area contributed by atoms with Crippen LogP contribution >= 0.6 is 0 Å². The van der Waals surface area contributed by atoms with Crippen LogP contribution in [0.5, 0.6) is 0 Å². The van der Waals surface area contributed by atoms with E-state index < -0.39 is 18.4 Å². The Labute approximate surface area is 141 Å². The molecule has 0 bridgehead atoms. The molecule has 1 aromatic rings. The van der Waals surface area contributed by atoms with Gasteiger partial charge in [-0.25, -0.2) is 0 Å². The molecule has 0 amide bonds. The van der Waals surface area contributed by atoms with Gasteiger partial charge in [0, 0.05) is 0 Å². The van der Waals surface area contributed by atoms with Crippen LogP contribution in [0.2, 0.25) is 13.3 Å². The topological polar surface area (TPSA) is 30.0 Å². The van der Waals surface area contributed by atoms with Crippen LogP contribution in [0.4, 0.5) is 0 Å². The minimum absolute atomic E-state index is 0.172. The zero-order valence-corrected chi connectivity index (χ0v) is 17.8. The SMILES string of the molecule is CCC[CH2][Sn]([CH2]CCC)([CH2]CCC)[c]1cc(C(C)=O)ccn1. The van der Waals surface area contributed by atoms with Gasteiger partial charge in [-0.3, -0.25) is 0 Å². The summed E-state index contributed by atoms with van der Waals surface area (Å²) in [5.74, 6) is 0.172. The second-order valence-electron chi connectivity index (χ2n) is 6.58. The molecular formula is C19H33NOSn. The van der Waals surface area contributed by atoms with Gasteiger partial charge in [0.2, 0.25) is 0 Å². The van der Waals surface area contributed by atoms with Crippen LogP contribution in [0.3, 0.4) is 0 Å². The van der Waals surface area contributed by atoms with Gasteiger partial charge in [0.15, 0.2) is 0 Å². The second-order valence-corrected chi connectivity index (χ2v) is 19.6. The van der Waals surface area contributed by atoms with Gasteiger partial charge in [-0.1, -0.05) is 0 Å². The van der Waals surface area contributed by atoms with Crippen LogP contribution in [0.25, 0.3) is 0 Å². The van der Waals surface area contributed by atoms with Crippen molar-refractivity contribution in [1.29, 1.82) is 0 Å². The number of rotatable bonds is 11. The van der Waals surface area contributed by atoms with Gasteiger partial charge in [0.25, 0.3) is 0 Å². The number of carbonyl (C=O) groups excluding carboxylic acids is 1. The van der Waals surface area contributed by atoms with Gasteiger partial charge in [-0.05, 0) is 0 Å². The molecule has 0 aliphatic carbocycles. The normalized spacial score (nSPS) is 11.6. The van der Waals surface area contributed by atoms with E-state index >= 15 is 0 Å². The van der Waals surface area contributed by atoms with E-state index in [2.05, 4.69) is 26.8 Å². The van der Waals surface area contributed by atoms with E-state index in [1.54, 1.807) is 6.92 Å². The monoisotopic (exact) mass is 411 g/mol. The molecule has 22 heavy (non-hydrogen) atoms. The number of ketones is 1. The average Bonchev–Trinajstić information content (AvgIpc) is 2.54. The first-order chi connectivity index (χ1) is 10.6. The van der Waals surface area contributed by atoms with Crippen LogP contribution in [-0.2, 0) is 0 Å². The van der Waals surface area contributed by atoms with E-state index in [9.17, 15) is 4.79 Å². The number of nitrogens with zero attached hydrogens (tertiary/aromatic N) is 1. The number of hydrogen-bond donors (Lipinski definition) is 0. The third kappa shape index (κ3) is 5.67. The molecule has 0 saturated heterocycles. The summed E-state index contributed by atoms with van der Waals surface area (Å²) in [6.07, 6.45) is 9.66. The molecule has 1 rings (SSSR count). The summed E-state index contributed by atoms with van der Waals surface area (Å²) in [5.41, 5.74) is 0.857. The van der Waals surface area contributed by atoms with Crippen molar-refractivity contribution in [3.8, 4) is 0 Å². The summed E-state index contributed by atoms with van der Waals surface area (Å²) in [6, 6.07) is 4.03. The molecule has 1 heterocycles. The second kappa shape index (κ2) is 10.4. The Morgan fingerprint density at radius 3 is 1.91 bits per heavy atom. The Balaban J connectivity index is 3.18. The maximum absolute atomic E-state index is 11.8. The summed E-state index contributed by atoms with van der Waals surface area (Å²) in [7, 11) is 0. The van der Waals surface area contributed by atoms with E-state index in [0.717, 1.165) is 5.56 Å². The molecule has 3 heteroatoms. The number of hydrogen-bond acceptors (Lipinski definition) is 2. The molecule has 0 radical (unpaired) electrons. The Hall–Kier alpha value is -0.381. The first kappa shape index (κ1) is 19.7. The molecule has 0 N–H and O–H groups in total. The van der Waals surface area contributed by atoms with E-state index in [1.165, 1.54) is 55.5 Å². The van der Waals surface area contributed by atoms with E-state index in [1.807, 2.05) is 12.3 Å². The summed E-state index contributed by atoms with van der Waals surface area (Å²) >= 11 is -2.46. The van der Waals surface area contributed by atoms with Gasteiger partial charge in [-0.15, -0.1) is 0 Å². The Kier molecular flexibility index (Phi) is 9.30. The summed E-state index contributed by atoms with van der Waals surface area (Å²) in [4.78, 5) is 16.6. The van der Waals surface area contributed by atoms with E-state index in [-0.39, 0.29) is 5.78 Å². The molecule has 1 aromatic heterocycles. The van der Waals surface area contributed by atoms with Crippen LogP contribution in [0.1, 0.15) is 76.6 Å². The third-order valence-electron chi connectivity index (χ3n) is 4.74. The molecule has 0 saturated carbocycles. The summed E-state index contributed by atoms with van der Waals surface area (Å²) in [5, 5.41) is 0. The molecule has 124 valence electrons. The predicted molar refractivity (Wildman–Crippen MR) is 98.8 cm³/mol. The number of unbranched alkanes of at least 4 members (excludes halogenated alkanes) is 3. The minimum atomic E-state index is -2.46. The molecule has 0 aromatic carbocycles. The fourth-order valence-electron chi connectivity index (χ4n) is 3.24. The quantitative estimate of drug-likeness (QED) is 0.364. The molecule has 2 nitrogen and oxygen atoms in total. The van der Waals surface area contributed by atoms with Gasteiger partial charge in [-0.2, -0.15) is 0 Å². The fourth-order valence-corrected chi connectivity index (χ4v) is 18.7. The van der Waals surface area contributed by atoms with Crippen molar-refractivity contribution in [2.24, 2.45) is 0 Å². The standard InChI is InChI=1S/C7H6NO.3C4H9.Sn/c1-6(9)7-2-4-8-5-3-7;3*1-3-4-2;/h2-4H,1H3;3*1,3-4H2,2H3;. The van der Waals surface area contributed by atoms with Crippen molar-refractivity contribution >= 4 is 27.9 Å². The van der Waals surface area contributed by atoms with Crippen molar-refractivity contribution in [2.45, 2.75) is 79.5 Å². The number of Topliss-reactive ketones (excluding diaryl/α,β-unsaturated/α-hetero) is 1. The van der Waals surface area contributed by atoms with Crippen molar-refractivity contribution < 1.29 is 4.79 Å². The summed E-state index contributed by atoms with van der Waals surface area (Å²) in [6.45, 7) is 8.53. The van der Waals surface area contributed by atoms with Crippen LogP contribution < -0.4 is 3.71 Å². The van der Waals surface area contributed by atoms with Gasteiger partial charge in [0.1, 0.15) is 0 Å². The number of pyridine rings is 1. The van der Waals surface area contributed by atoms with Crippen LogP contribution in [0, 0.1) is 0 Å². The fraction of sp³-hybridized carbons (Fsp3) is 0.684. The van der Waals surface area contributed by atoms with Gasteiger partial charge >= 0.3 is 141 Å². The Morgan fingerprint density at radius 2 is 1.50 bits per heavy atom. The average molecular weight is 410 g/mol. The van der Waals surface area contributed by atoms with Crippen LogP contribution in [0.15, 0.2) is 18.3 Å². The van der Waals surface area contributed by atoms with E-state index in [4.69, 9.17) is 4.98 Å². The van der Waals surface area contributed by atoms with Crippen molar-refractivity contribution in [3.05, 3.63) is 23.9 Å². The molecule has 0 unspecified atom stereocenters. The van der Waals surface area contributed by atoms with Crippen molar-refractivity contribution in [3.63, 3.8) is 0 Å². The Bertz CT molecular complexity index is 437. The molecule has 0 atom stereocenters. The third-order valence-corrected chi connectivity index (χ3v) is 19.8. The molecular weight excluding hydrogens is 377 g/mol. The molecule has 0 fully saturated rings. The van der Waals surface area contributed by atoms with Gasteiger partial charge < -0.3 is 0 Å². The molecule has 0 aliphatic rings. The zero-order chi connectivity index (χ0) is 16.4. The number of aromatic nitrogens is 1. The van der Waals surface area contributed by atoms with Crippen molar-refractivity contribution in [2.75, 3.05) is 0 Å². The van der Waals surface area contributed by atoms with Gasteiger partial charge in [0.05, 0.1) is 0 Å². The van der Waals surface area contributed by atoms with Crippen LogP contribution in [-0.4, -0.2) is 29.1 Å². The predicted octanol–water partition coefficient (Wildman–Crippen LogP) is 5.34. The number of carbonyl (C=O) groups is 1. The van der Waals surface area contributed by atoms with E-state index in [0.29, 0.717) is 0 Å². The zero-order valence-electron chi connectivity index (χ0n) is 15.0. The first-order valence-corrected chi connectivity index (χ1v) is 16.5. The van der Waals surface area contributed by atoms with Crippen molar-refractivity contribution in [1.82, 2.24) is 4.98 Å². The summed E-state index contributed by atoms with van der Waals surface area (Å²) < 4.78 is 5.57. The molecule has 0 spiro atoms. The Morgan fingerprint density at radius 1 is 1.00 bits per heavy atom. The first-order valence-electron chi connectivity index (χ1n) is 9.07. The maximum atomic E-state index is 11.8.